The van der Waals surface area contributed by atoms with Crippen molar-refractivity contribution < 1.29 is 29.0 Å². The van der Waals surface area contributed by atoms with Gasteiger partial charge in [0.1, 0.15) is 17.2 Å². The summed E-state index contributed by atoms with van der Waals surface area (Å²) in [5, 5.41) is 9.72. The van der Waals surface area contributed by atoms with Crippen LogP contribution in [0.4, 0.5) is 9.59 Å². The smallest absolute Gasteiger partial charge is 0.411 e. The fourth-order valence-electron chi connectivity index (χ4n) is 3.88. The van der Waals surface area contributed by atoms with Gasteiger partial charge in [-0.3, -0.25) is 9.80 Å². The Hall–Kier alpha value is -3.03. The second kappa shape index (κ2) is 7.66. The Morgan fingerprint density at radius 1 is 1.23 bits per heavy atom. The number of carboxylic acid groups (broad SMARTS) is 1. The predicted molar refractivity (Wildman–Crippen MR) is 110 cm³/mol. The number of hydrogen-bond donors (Lipinski definition) is 1. The van der Waals surface area contributed by atoms with Gasteiger partial charge in [-0.05, 0) is 44.4 Å². The molecule has 1 aromatic carbocycles. The van der Waals surface area contributed by atoms with Gasteiger partial charge >= 0.3 is 18.2 Å². The normalized spacial score (nSPS) is 23.1. The third-order valence-electron chi connectivity index (χ3n) is 5.45. The van der Waals surface area contributed by atoms with Gasteiger partial charge in [0.15, 0.2) is 0 Å². The van der Waals surface area contributed by atoms with Gasteiger partial charge in [-0.2, -0.15) is 0 Å². The van der Waals surface area contributed by atoms with E-state index in [0.717, 1.165) is 21.6 Å². The lowest BCUT2D eigenvalue weighted by molar-refractivity contribution is -0.148. The number of ether oxygens (including phenoxy) is 2. The van der Waals surface area contributed by atoms with E-state index in [9.17, 15) is 19.5 Å². The van der Waals surface area contributed by atoms with Crippen LogP contribution < -0.4 is 0 Å². The van der Waals surface area contributed by atoms with E-state index in [4.69, 9.17) is 9.47 Å². The van der Waals surface area contributed by atoms with Crippen LogP contribution in [0.2, 0.25) is 0 Å². The number of carboxylic acids is 1. The number of nitrogens with zero attached hydrogens (tertiary/aromatic N) is 2. The average Bonchev–Trinajstić information content (AvgIpc) is 3.22. The maximum absolute atomic E-state index is 12.8. The molecule has 162 valence electrons. The molecule has 1 saturated heterocycles. The summed E-state index contributed by atoms with van der Waals surface area (Å²) in [6.07, 6.45) is -0.276. The van der Waals surface area contributed by atoms with Crippen LogP contribution in [0.5, 0.6) is 0 Å². The molecule has 8 nitrogen and oxygen atoms in total. The maximum atomic E-state index is 12.8. The van der Waals surface area contributed by atoms with Crippen molar-refractivity contribution in [3.8, 4) is 0 Å². The molecule has 0 bridgehead atoms. The summed E-state index contributed by atoms with van der Waals surface area (Å²) in [7, 11) is 0. The topological polar surface area (TPSA) is 96.4 Å². The summed E-state index contributed by atoms with van der Waals surface area (Å²) in [5.41, 5.74) is 0.744. The van der Waals surface area contributed by atoms with Crippen LogP contribution in [-0.2, 0) is 27.4 Å². The van der Waals surface area contributed by atoms with E-state index in [1.165, 1.54) is 6.92 Å². The van der Waals surface area contributed by atoms with Gasteiger partial charge in [0, 0.05) is 13.0 Å². The quantitative estimate of drug-likeness (QED) is 0.808. The molecule has 3 rings (SSSR count). The standard InChI is InChI=1S/C22H28N2O6/c1-6-14-8-7-9-15-11-23(13-17(14)15)19(27)29-16-10-22(5,18(25)26)24(12-16)20(28)30-21(2,3)4/h6-9,16H,1,10-13H2,2-5H3,(H,25,26)/t16-,22+/m1/s1. The number of fused-ring (bicyclic) bond motifs is 1. The molecule has 2 aliphatic heterocycles. The number of carbonyl (C=O) groups excluding carboxylic acids is 2. The maximum Gasteiger partial charge on any atom is 0.411 e. The Kier molecular flexibility index (Phi) is 5.54. The minimum Gasteiger partial charge on any atom is -0.480 e. The van der Waals surface area contributed by atoms with Crippen LogP contribution in [0.15, 0.2) is 24.8 Å². The van der Waals surface area contributed by atoms with Crippen LogP contribution in [0.1, 0.15) is 50.8 Å². The molecule has 0 radical (unpaired) electrons. The molecule has 1 N–H and O–H groups in total. The van der Waals surface area contributed by atoms with Crippen molar-refractivity contribution in [3.05, 3.63) is 41.5 Å². The first-order valence-electron chi connectivity index (χ1n) is 9.87. The van der Waals surface area contributed by atoms with E-state index < -0.39 is 35.4 Å². The van der Waals surface area contributed by atoms with Gasteiger partial charge in [-0.1, -0.05) is 30.9 Å². The molecule has 0 aromatic heterocycles. The molecule has 2 atom stereocenters. The lowest BCUT2D eigenvalue weighted by Gasteiger charge is -2.32. The highest BCUT2D eigenvalue weighted by molar-refractivity contribution is 5.85. The minimum atomic E-state index is -1.52. The lowest BCUT2D eigenvalue weighted by Crippen LogP contribution is -2.52. The molecule has 30 heavy (non-hydrogen) atoms. The summed E-state index contributed by atoms with van der Waals surface area (Å²) < 4.78 is 11.0. The zero-order chi connectivity index (χ0) is 22.3. The number of carbonyl (C=O) groups is 3. The molecule has 8 heteroatoms. The molecule has 0 saturated carbocycles. The summed E-state index contributed by atoms with van der Waals surface area (Å²) in [5.74, 6) is -1.17. The highest BCUT2D eigenvalue weighted by Crippen LogP contribution is 2.34. The van der Waals surface area contributed by atoms with Crippen LogP contribution in [0, 0.1) is 0 Å². The van der Waals surface area contributed by atoms with Gasteiger partial charge < -0.3 is 14.6 Å². The first-order chi connectivity index (χ1) is 13.9. The van der Waals surface area contributed by atoms with E-state index in [1.807, 2.05) is 18.2 Å². The van der Waals surface area contributed by atoms with Crippen LogP contribution in [0.3, 0.4) is 0 Å². The summed E-state index contributed by atoms with van der Waals surface area (Å²) in [4.78, 5) is 39.9. The van der Waals surface area contributed by atoms with Crippen LogP contribution in [0.25, 0.3) is 6.08 Å². The first kappa shape index (κ1) is 21.7. The molecule has 0 aliphatic carbocycles. The summed E-state index contributed by atoms with van der Waals surface area (Å²) in [6, 6.07) is 5.81. The molecule has 2 heterocycles. The minimum absolute atomic E-state index is 0.00792. The summed E-state index contributed by atoms with van der Waals surface area (Å²) in [6.45, 7) is 11.1. The second-order valence-corrected chi connectivity index (χ2v) is 8.92. The van der Waals surface area contributed by atoms with Crippen molar-refractivity contribution in [1.29, 1.82) is 0 Å². The van der Waals surface area contributed by atoms with Gasteiger partial charge in [0.2, 0.25) is 0 Å². The van der Waals surface area contributed by atoms with E-state index in [1.54, 1.807) is 31.7 Å². The fraction of sp³-hybridized carbons (Fsp3) is 0.500. The van der Waals surface area contributed by atoms with Gasteiger partial charge in [-0.15, -0.1) is 0 Å². The van der Waals surface area contributed by atoms with Gasteiger partial charge in [0.05, 0.1) is 13.1 Å². The van der Waals surface area contributed by atoms with Gasteiger partial charge in [-0.25, -0.2) is 14.4 Å². The van der Waals surface area contributed by atoms with Gasteiger partial charge in [0.25, 0.3) is 0 Å². The van der Waals surface area contributed by atoms with Crippen molar-refractivity contribution in [2.45, 2.75) is 64.4 Å². The van der Waals surface area contributed by atoms with Crippen molar-refractivity contribution >= 4 is 24.2 Å². The molecule has 2 aliphatic rings. The number of hydrogen-bond acceptors (Lipinski definition) is 5. The van der Waals surface area contributed by atoms with Crippen molar-refractivity contribution in [3.63, 3.8) is 0 Å². The van der Waals surface area contributed by atoms with Crippen LogP contribution in [-0.4, -0.2) is 56.9 Å². The zero-order valence-corrected chi connectivity index (χ0v) is 17.8. The number of amides is 2. The average molecular weight is 416 g/mol. The lowest BCUT2D eigenvalue weighted by atomic mass is 9.99. The number of aliphatic carboxylic acids is 1. The Morgan fingerprint density at radius 2 is 1.93 bits per heavy atom. The molecular formula is C22H28N2O6. The van der Waals surface area contributed by atoms with Crippen molar-refractivity contribution in [1.82, 2.24) is 9.80 Å². The molecule has 0 spiro atoms. The van der Waals surface area contributed by atoms with Crippen LogP contribution >= 0.6 is 0 Å². The predicted octanol–water partition coefficient (Wildman–Crippen LogP) is 3.63. The first-order valence-corrected chi connectivity index (χ1v) is 9.87. The highest BCUT2D eigenvalue weighted by atomic mass is 16.6. The number of benzene rings is 1. The summed E-state index contributed by atoms with van der Waals surface area (Å²) >= 11 is 0. The van der Waals surface area contributed by atoms with E-state index >= 15 is 0 Å². The van der Waals surface area contributed by atoms with E-state index in [-0.39, 0.29) is 13.0 Å². The second-order valence-electron chi connectivity index (χ2n) is 8.92. The fourth-order valence-corrected chi connectivity index (χ4v) is 3.88. The third kappa shape index (κ3) is 4.13. The SMILES string of the molecule is C=Cc1cccc2c1CN(C(=O)O[C@H]1CN(C(=O)OC(C)(C)C)[C@](C)(C(=O)O)C1)C2. The Morgan fingerprint density at radius 3 is 2.53 bits per heavy atom. The Balaban J connectivity index is 1.70. The molecule has 2 amide bonds. The zero-order valence-electron chi connectivity index (χ0n) is 17.8. The molecule has 1 aromatic rings. The van der Waals surface area contributed by atoms with E-state index in [0.29, 0.717) is 13.1 Å². The van der Waals surface area contributed by atoms with Crippen molar-refractivity contribution in [2.75, 3.05) is 6.54 Å². The largest absolute Gasteiger partial charge is 0.480 e. The molecular weight excluding hydrogens is 388 g/mol. The van der Waals surface area contributed by atoms with Crippen molar-refractivity contribution in [2.24, 2.45) is 0 Å². The Labute approximate surface area is 176 Å². The Bertz CT molecular complexity index is 890. The highest BCUT2D eigenvalue weighted by Gasteiger charge is 2.53. The molecule has 1 fully saturated rings. The number of rotatable bonds is 3. The van der Waals surface area contributed by atoms with E-state index in [2.05, 4.69) is 6.58 Å². The molecule has 0 unspecified atom stereocenters. The number of likely N-dealkylation sites (tertiary alicyclic amines) is 1. The monoisotopic (exact) mass is 416 g/mol. The third-order valence-corrected chi connectivity index (χ3v) is 5.45.